The maximum Gasteiger partial charge on any atom is 0.114 e. The SMILES string of the molecule is CCC[SiH](C(C)C)N(CC)CC. The molecule has 0 heterocycles. The summed E-state index contributed by atoms with van der Waals surface area (Å²) >= 11 is 0. The maximum atomic E-state index is 2.72. The highest BCUT2D eigenvalue weighted by atomic mass is 28.3. The molecule has 0 saturated heterocycles. The van der Waals surface area contributed by atoms with Crippen molar-refractivity contribution in [2.75, 3.05) is 13.1 Å². The van der Waals surface area contributed by atoms with Crippen LogP contribution in [-0.4, -0.2) is 26.6 Å². The molecule has 1 unspecified atom stereocenters. The van der Waals surface area contributed by atoms with Crippen LogP contribution in [-0.2, 0) is 0 Å². The van der Waals surface area contributed by atoms with Crippen LogP contribution >= 0.6 is 0 Å². The summed E-state index contributed by atoms with van der Waals surface area (Å²) in [6.07, 6.45) is 1.37. The third-order valence-electron chi connectivity index (χ3n) is 2.64. The summed E-state index contributed by atoms with van der Waals surface area (Å²) in [5.74, 6) is 0. The Morgan fingerprint density at radius 3 is 1.83 bits per heavy atom. The molecule has 12 heavy (non-hydrogen) atoms. The molecule has 0 fully saturated rings. The van der Waals surface area contributed by atoms with Gasteiger partial charge in [0.05, 0.1) is 0 Å². The highest BCUT2D eigenvalue weighted by Gasteiger charge is 2.19. The Morgan fingerprint density at radius 1 is 1.08 bits per heavy atom. The lowest BCUT2D eigenvalue weighted by atomic mass is 10.5. The fourth-order valence-corrected chi connectivity index (χ4v) is 5.33. The molecule has 0 N–H and O–H groups in total. The van der Waals surface area contributed by atoms with Gasteiger partial charge in [-0.25, -0.2) is 0 Å². The Labute approximate surface area is 79.8 Å². The number of nitrogens with zero attached hydrogens (tertiary/aromatic N) is 1. The van der Waals surface area contributed by atoms with Crippen LogP contribution in [0.3, 0.4) is 0 Å². The predicted molar refractivity (Wildman–Crippen MR) is 60.3 cm³/mol. The van der Waals surface area contributed by atoms with E-state index in [9.17, 15) is 0 Å². The van der Waals surface area contributed by atoms with Gasteiger partial charge >= 0.3 is 0 Å². The van der Waals surface area contributed by atoms with Crippen LogP contribution in [0.2, 0.25) is 11.6 Å². The Balaban J connectivity index is 4.05. The van der Waals surface area contributed by atoms with E-state index in [-0.39, 0.29) is 0 Å². The minimum absolute atomic E-state index is 0.589. The molecule has 0 aliphatic rings. The standard InChI is InChI=1S/C10H25NSi/c1-6-9-12(10(4)5)11(7-2)8-3/h10,12H,6-9H2,1-5H3. The summed E-state index contributed by atoms with van der Waals surface area (Å²) in [6, 6.07) is 1.49. The van der Waals surface area contributed by atoms with E-state index in [1.807, 2.05) is 0 Å². The predicted octanol–water partition coefficient (Wildman–Crippen LogP) is 2.87. The zero-order chi connectivity index (χ0) is 9.56. The fourth-order valence-electron chi connectivity index (χ4n) is 1.93. The van der Waals surface area contributed by atoms with Gasteiger partial charge in [0, 0.05) is 0 Å². The van der Waals surface area contributed by atoms with Crippen molar-refractivity contribution >= 4 is 8.96 Å². The Bertz CT molecular complexity index is 100. The van der Waals surface area contributed by atoms with Crippen molar-refractivity contribution in [2.24, 2.45) is 0 Å². The normalized spacial score (nSPS) is 14.2. The lowest BCUT2D eigenvalue weighted by Crippen LogP contribution is -2.40. The summed E-state index contributed by atoms with van der Waals surface area (Å²) in [6.45, 7) is 14.2. The quantitative estimate of drug-likeness (QED) is 0.578. The van der Waals surface area contributed by atoms with Crippen molar-refractivity contribution < 1.29 is 0 Å². The Morgan fingerprint density at radius 2 is 1.58 bits per heavy atom. The second kappa shape index (κ2) is 6.67. The van der Waals surface area contributed by atoms with E-state index in [0.717, 1.165) is 5.54 Å². The van der Waals surface area contributed by atoms with Gasteiger partial charge in [-0.15, -0.1) is 0 Å². The Kier molecular flexibility index (Phi) is 6.77. The first kappa shape index (κ1) is 12.2. The monoisotopic (exact) mass is 187 g/mol. The van der Waals surface area contributed by atoms with Crippen LogP contribution in [0, 0.1) is 0 Å². The van der Waals surface area contributed by atoms with E-state index in [1.165, 1.54) is 25.6 Å². The van der Waals surface area contributed by atoms with Gasteiger partial charge in [0.2, 0.25) is 0 Å². The van der Waals surface area contributed by atoms with Crippen molar-refractivity contribution in [3.05, 3.63) is 0 Å². The third-order valence-corrected chi connectivity index (χ3v) is 7.01. The molecule has 74 valence electrons. The van der Waals surface area contributed by atoms with Crippen LogP contribution in [0.1, 0.15) is 41.0 Å². The molecular formula is C10H25NSi. The van der Waals surface area contributed by atoms with Gasteiger partial charge < -0.3 is 4.57 Å². The zero-order valence-electron chi connectivity index (χ0n) is 9.43. The number of rotatable bonds is 6. The molecule has 0 aliphatic heterocycles. The van der Waals surface area contributed by atoms with E-state index in [2.05, 4.69) is 39.2 Å². The van der Waals surface area contributed by atoms with Crippen LogP contribution < -0.4 is 0 Å². The molecular weight excluding hydrogens is 162 g/mol. The lowest BCUT2D eigenvalue weighted by Gasteiger charge is -2.31. The van der Waals surface area contributed by atoms with Crippen molar-refractivity contribution in [1.29, 1.82) is 0 Å². The highest BCUT2D eigenvalue weighted by molar-refractivity contribution is 6.57. The first-order valence-electron chi connectivity index (χ1n) is 5.41. The van der Waals surface area contributed by atoms with E-state index in [4.69, 9.17) is 0 Å². The van der Waals surface area contributed by atoms with E-state index >= 15 is 0 Å². The molecule has 0 spiro atoms. The summed E-state index contributed by atoms with van der Waals surface area (Å²) in [5, 5.41) is 0. The number of hydrogen-bond acceptors (Lipinski definition) is 1. The topological polar surface area (TPSA) is 3.24 Å². The van der Waals surface area contributed by atoms with Crippen LogP contribution in [0.4, 0.5) is 0 Å². The molecule has 1 nitrogen and oxygen atoms in total. The summed E-state index contributed by atoms with van der Waals surface area (Å²) < 4.78 is 2.72. The first-order valence-corrected chi connectivity index (χ1v) is 7.41. The molecule has 1 atom stereocenters. The Hall–Kier alpha value is 0.177. The molecule has 0 aliphatic carbocycles. The minimum atomic E-state index is -0.589. The van der Waals surface area contributed by atoms with Crippen molar-refractivity contribution in [2.45, 2.75) is 52.6 Å². The van der Waals surface area contributed by atoms with Gasteiger partial charge in [-0.2, -0.15) is 0 Å². The van der Waals surface area contributed by atoms with Crippen LogP contribution in [0.5, 0.6) is 0 Å². The summed E-state index contributed by atoms with van der Waals surface area (Å²) in [5.41, 5.74) is 0.935. The van der Waals surface area contributed by atoms with Gasteiger partial charge in [-0.05, 0) is 24.7 Å². The molecule has 0 radical (unpaired) electrons. The average molecular weight is 187 g/mol. The van der Waals surface area contributed by atoms with E-state index < -0.39 is 8.96 Å². The molecule has 0 aromatic carbocycles. The third kappa shape index (κ3) is 3.72. The van der Waals surface area contributed by atoms with Gasteiger partial charge in [0.15, 0.2) is 0 Å². The second-order valence-corrected chi connectivity index (χ2v) is 7.60. The molecule has 0 bridgehead atoms. The number of hydrogen-bond donors (Lipinski definition) is 0. The largest absolute Gasteiger partial charge is 0.326 e. The molecule has 0 saturated carbocycles. The second-order valence-electron chi connectivity index (χ2n) is 3.82. The highest BCUT2D eigenvalue weighted by Crippen LogP contribution is 2.17. The van der Waals surface area contributed by atoms with Crippen LogP contribution in [0.25, 0.3) is 0 Å². The van der Waals surface area contributed by atoms with E-state index in [1.54, 1.807) is 0 Å². The van der Waals surface area contributed by atoms with Crippen molar-refractivity contribution in [1.82, 2.24) is 4.57 Å². The average Bonchev–Trinajstić information content (AvgIpc) is 2.05. The van der Waals surface area contributed by atoms with Gasteiger partial charge in [-0.1, -0.05) is 41.0 Å². The van der Waals surface area contributed by atoms with Gasteiger partial charge in [-0.3, -0.25) is 0 Å². The summed E-state index contributed by atoms with van der Waals surface area (Å²) in [7, 11) is -0.589. The van der Waals surface area contributed by atoms with E-state index in [0.29, 0.717) is 0 Å². The first-order chi connectivity index (χ1) is 5.67. The molecule has 0 aromatic heterocycles. The van der Waals surface area contributed by atoms with Crippen LogP contribution in [0.15, 0.2) is 0 Å². The molecule has 0 amide bonds. The van der Waals surface area contributed by atoms with Gasteiger partial charge in [0.25, 0.3) is 0 Å². The molecule has 0 aromatic rings. The fraction of sp³-hybridized carbons (Fsp3) is 1.00. The minimum Gasteiger partial charge on any atom is -0.326 e. The summed E-state index contributed by atoms with van der Waals surface area (Å²) in [4.78, 5) is 0. The van der Waals surface area contributed by atoms with Crippen molar-refractivity contribution in [3.63, 3.8) is 0 Å². The van der Waals surface area contributed by atoms with Crippen molar-refractivity contribution in [3.8, 4) is 0 Å². The molecule has 0 rings (SSSR count). The maximum absolute atomic E-state index is 2.72. The molecule has 2 heteroatoms. The lowest BCUT2D eigenvalue weighted by molar-refractivity contribution is 0.467. The smallest absolute Gasteiger partial charge is 0.114 e. The zero-order valence-corrected chi connectivity index (χ0v) is 10.6. The van der Waals surface area contributed by atoms with Gasteiger partial charge in [0.1, 0.15) is 8.96 Å².